The standard InChI is InChI=1S/C41H50N2O4/c1-46-35-20-19-32-26-36-41(45)22-21-33(39-40(41,37(32)38(35)47-39)23-25-43(36)27-30-17-18-30)42(28-34(44)31-15-9-5-10-16-31)24-11-3-2-6-12-29-13-7-4-8-14-29/h4-5,7-10,13-16,19-20,30,33,36,39,45H,2-3,6,11-12,17-18,21-28H2,1H3/t33-,36+,39-,40-,41+/m0/s1. The Morgan fingerprint density at radius 2 is 1.72 bits per heavy atom. The van der Waals surface area contributed by atoms with Crippen molar-refractivity contribution in [1.29, 1.82) is 0 Å². The Morgan fingerprint density at radius 3 is 2.49 bits per heavy atom. The van der Waals surface area contributed by atoms with Crippen LogP contribution in [-0.2, 0) is 18.3 Å². The number of methoxy groups -OCH3 is 1. The first-order chi connectivity index (χ1) is 23.0. The van der Waals surface area contributed by atoms with E-state index in [4.69, 9.17) is 9.47 Å². The van der Waals surface area contributed by atoms with Gasteiger partial charge < -0.3 is 14.6 Å². The van der Waals surface area contributed by atoms with E-state index in [0.29, 0.717) is 6.54 Å². The number of carbonyl (C=O) groups excluding carboxylic acids is 1. The monoisotopic (exact) mass is 634 g/mol. The van der Waals surface area contributed by atoms with Crippen LogP contribution in [0.1, 0.15) is 84.8 Å². The summed E-state index contributed by atoms with van der Waals surface area (Å²) in [4.78, 5) is 18.9. The molecular formula is C41H50N2O4. The van der Waals surface area contributed by atoms with E-state index in [1.807, 2.05) is 30.3 Å². The largest absolute Gasteiger partial charge is 0.493 e. The van der Waals surface area contributed by atoms with Crippen LogP contribution in [0.3, 0.4) is 0 Å². The van der Waals surface area contributed by atoms with Crippen molar-refractivity contribution < 1.29 is 19.4 Å². The fraction of sp³-hybridized carbons (Fsp3) is 0.537. The van der Waals surface area contributed by atoms with Crippen LogP contribution >= 0.6 is 0 Å². The molecule has 5 aliphatic rings. The SMILES string of the molecule is COc1ccc2c3c1O[C@H]1[C@@H](N(CCCCCCc4ccccc4)CC(=O)c4ccccc4)CC[C@@]4(O)[C@@H](C2)N(CC2CC2)CC[C@]314. The number of hydrogen-bond donors (Lipinski definition) is 1. The number of aryl methyl sites for hydroxylation is 1. The van der Waals surface area contributed by atoms with Gasteiger partial charge in [-0.15, -0.1) is 0 Å². The van der Waals surface area contributed by atoms with Crippen molar-refractivity contribution in [1.82, 2.24) is 9.80 Å². The van der Waals surface area contributed by atoms with Gasteiger partial charge in [0.05, 0.1) is 24.7 Å². The number of likely N-dealkylation sites (tertiary alicyclic amines) is 1. The normalized spacial score (nSPS) is 29.0. The van der Waals surface area contributed by atoms with Crippen molar-refractivity contribution in [2.45, 2.75) is 99.8 Å². The van der Waals surface area contributed by atoms with E-state index in [2.05, 4.69) is 52.3 Å². The molecule has 2 bridgehead atoms. The second-order valence-corrected chi connectivity index (χ2v) is 15.0. The van der Waals surface area contributed by atoms with E-state index in [9.17, 15) is 9.90 Å². The minimum Gasteiger partial charge on any atom is -0.493 e. The summed E-state index contributed by atoms with van der Waals surface area (Å²) in [5, 5.41) is 13.1. The third kappa shape index (κ3) is 5.41. The molecule has 3 aromatic carbocycles. The van der Waals surface area contributed by atoms with Crippen LogP contribution in [0.25, 0.3) is 0 Å². The predicted molar refractivity (Wildman–Crippen MR) is 184 cm³/mol. The van der Waals surface area contributed by atoms with Crippen molar-refractivity contribution >= 4 is 5.78 Å². The van der Waals surface area contributed by atoms with Gasteiger partial charge in [-0.1, -0.05) is 79.6 Å². The molecule has 248 valence electrons. The second kappa shape index (κ2) is 12.7. The molecule has 1 spiro atoms. The average molecular weight is 635 g/mol. The number of ether oxygens (including phenoxy) is 2. The van der Waals surface area contributed by atoms with Gasteiger partial charge in [0.2, 0.25) is 0 Å². The molecule has 2 aliphatic heterocycles. The van der Waals surface area contributed by atoms with Gasteiger partial charge in [-0.25, -0.2) is 0 Å². The molecule has 6 nitrogen and oxygen atoms in total. The molecule has 3 aromatic rings. The number of unbranched alkanes of at least 4 members (excludes halogenated alkanes) is 3. The van der Waals surface area contributed by atoms with E-state index in [0.717, 1.165) is 87.6 Å². The van der Waals surface area contributed by atoms with E-state index in [-0.39, 0.29) is 24.0 Å². The minimum absolute atomic E-state index is 0.0333. The van der Waals surface area contributed by atoms with Gasteiger partial charge >= 0.3 is 0 Å². The number of rotatable bonds is 14. The number of nitrogens with zero attached hydrogens (tertiary/aromatic N) is 2. The Hall–Kier alpha value is -3.19. The smallest absolute Gasteiger partial charge is 0.176 e. The first-order valence-electron chi connectivity index (χ1n) is 18.2. The van der Waals surface area contributed by atoms with E-state index in [1.165, 1.54) is 42.4 Å². The van der Waals surface area contributed by atoms with Crippen LogP contribution in [-0.4, -0.2) is 77.8 Å². The minimum atomic E-state index is -0.863. The van der Waals surface area contributed by atoms with Gasteiger partial charge in [-0.05, 0) is 94.0 Å². The lowest BCUT2D eigenvalue weighted by Gasteiger charge is -2.65. The van der Waals surface area contributed by atoms with Gasteiger partial charge in [0.25, 0.3) is 0 Å². The predicted octanol–water partition coefficient (Wildman–Crippen LogP) is 6.62. The van der Waals surface area contributed by atoms with Crippen LogP contribution in [0.2, 0.25) is 0 Å². The molecule has 1 saturated heterocycles. The first-order valence-corrected chi connectivity index (χ1v) is 18.2. The highest BCUT2D eigenvalue weighted by Crippen LogP contribution is 2.66. The summed E-state index contributed by atoms with van der Waals surface area (Å²) in [6.07, 6.45) is 11.3. The summed E-state index contributed by atoms with van der Waals surface area (Å²) in [6.45, 7) is 3.29. The van der Waals surface area contributed by atoms with E-state index < -0.39 is 11.0 Å². The van der Waals surface area contributed by atoms with Gasteiger partial charge in [0, 0.05) is 29.8 Å². The van der Waals surface area contributed by atoms with Gasteiger partial charge in [0.15, 0.2) is 17.3 Å². The Kier molecular flexibility index (Phi) is 8.39. The lowest BCUT2D eigenvalue weighted by Crippen LogP contribution is -2.78. The molecule has 3 aliphatic carbocycles. The number of aliphatic hydroxyl groups is 1. The number of piperidine rings is 1. The summed E-state index contributed by atoms with van der Waals surface area (Å²) >= 11 is 0. The Balaban J connectivity index is 1.08. The van der Waals surface area contributed by atoms with Gasteiger partial charge in [-0.2, -0.15) is 0 Å². The molecule has 5 atom stereocenters. The van der Waals surface area contributed by atoms with Crippen LogP contribution in [0, 0.1) is 5.92 Å². The highest BCUT2D eigenvalue weighted by Gasteiger charge is 2.73. The lowest BCUT2D eigenvalue weighted by atomic mass is 9.48. The van der Waals surface area contributed by atoms with E-state index >= 15 is 0 Å². The van der Waals surface area contributed by atoms with Crippen molar-refractivity contribution in [3.63, 3.8) is 0 Å². The second-order valence-electron chi connectivity index (χ2n) is 15.0. The zero-order valence-electron chi connectivity index (χ0n) is 27.9. The molecule has 6 heteroatoms. The fourth-order valence-electron chi connectivity index (χ4n) is 9.88. The maximum atomic E-state index is 13.8. The molecule has 3 fully saturated rings. The molecule has 0 amide bonds. The molecule has 0 unspecified atom stereocenters. The number of hydrogen-bond acceptors (Lipinski definition) is 6. The first kappa shape index (κ1) is 31.1. The number of carbonyl (C=O) groups is 1. The van der Waals surface area contributed by atoms with Crippen molar-refractivity contribution in [3.05, 3.63) is 95.1 Å². The quantitative estimate of drug-likeness (QED) is 0.159. The summed E-state index contributed by atoms with van der Waals surface area (Å²) in [7, 11) is 1.72. The molecule has 0 radical (unpaired) electrons. The van der Waals surface area contributed by atoms with Crippen LogP contribution < -0.4 is 9.47 Å². The van der Waals surface area contributed by atoms with Crippen LogP contribution in [0.5, 0.6) is 11.5 Å². The zero-order chi connectivity index (χ0) is 32.0. The topological polar surface area (TPSA) is 62.2 Å². The molecule has 1 N–H and O–H groups in total. The zero-order valence-corrected chi connectivity index (χ0v) is 27.9. The molecule has 2 heterocycles. The number of benzene rings is 3. The number of ketones is 1. The highest BCUT2D eigenvalue weighted by atomic mass is 16.5. The molecule has 8 rings (SSSR count). The average Bonchev–Trinajstić information content (AvgIpc) is 3.85. The summed E-state index contributed by atoms with van der Waals surface area (Å²) in [6, 6.07) is 24.9. The summed E-state index contributed by atoms with van der Waals surface area (Å²) in [5.41, 5.74) is 3.31. The molecular weight excluding hydrogens is 584 g/mol. The molecule has 47 heavy (non-hydrogen) atoms. The van der Waals surface area contributed by atoms with Crippen molar-refractivity contribution in [3.8, 4) is 11.5 Å². The van der Waals surface area contributed by atoms with Crippen molar-refractivity contribution in [2.24, 2.45) is 5.92 Å². The van der Waals surface area contributed by atoms with Crippen LogP contribution in [0.4, 0.5) is 0 Å². The fourth-order valence-corrected chi connectivity index (χ4v) is 9.88. The molecule has 2 saturated carbocycles. The maximum Gasteiger partial charge on any atom is 0.176 e. The summed E-state index contributed by atoms with van der Waals surface area (Å²) in [5.74, 6) is 2.53. The van der Waals surface area contributed by atoms with E-state index in [1.54, 1.807) is 7.11 Å². The third-order valence-corrected chi connectivity index (χ3v) is 12.4. The Bertz CT molecular complexity index is 1580. The van der Waals surface area contributed by atoms with Gasteiger partial charge in [-0.3, -0.25) is 14.6 Å². The summed E-state index contributed by atoms with van der Waals surface area (Å²) < 4.78 is 13.0. The Morgan fingerprint density at radius 1 is 0.957 bits per heavy atom. The molecule has 0 aromatic heterocycles. The van der Waals surface area contributed by atoms with Crippen molar-refractivity contribution in [2.75, 3.05) is 33.3 Å². The lowest BCUT2D eigenvalue weighted by molar-refractivity contribution is -0.200. The van der Waals surface area contributed by atoms with Crippen LogP contribution in [0.15, 0.2) is 72.8 Å². The highest BCUT2D eigenvalue weighted by molar-refractivity contribution is 5.97. The number of Topliss-reactive ketones (excluding diaryl/α,β-unsaturated/α-hetero) is 1. The maximum absolute atomic E-state index is 13.8. The van der Waals surface area contributed by atoms with Gasteiger partial charge in [0.1, 0.15) is 6.10 Å². The third-order valence-electron chi connectivity index (χ3n) is 12.4. The Labute approximate surface area is 280 Å².